The summed E-state index contributed by atoms with van der Waals surface area (Å²) in [6.07, 6.45) is 1.17. The predicted octanol–water partition coefficient (Wildman–Crippen LogP) is 3.24. The van der Waals surface area contributed by atoms with E-state index in [1.54, 1.807) is 4.90 Å². The van der Waals surface area contributed by atoms with Crippen molar-refractivity contribution in [2.75, 3.05) is 11.5 Å². The number of nitrogens with one attached hydrogen (secondary N) is 1. The van der Waals surface area contributed by atoms with Crippen LogP contribution in [0.1, 0.15) is 18.4 Å². The number of ether oxygens (including phenoxy) is 1. The summed E-state index contributed by atoms with van der Waals surface area (Å²) in [6.45, 7) is 0.818. The summed E-state index contributed by atoms with van der Waals surface area (Å²) in [7, 11) is 0. The molecule has 1 amide bonds. The molecule has 0 bridgehead atoms. The van der Waals surface area contributed by atoms with Crippen LogP contribution >= 0.6 is 0 Å². The number of benzene rings is 2. The Morgan fingerprint density at radius 2 is 1.88 bits per heavy atom. The molecule has 1 fully saturated rings. The largest absolute Gasteiger partial charge is 0.368 e. The first-order chi connectivity index (χ1) is 12.7. The number of para-hydroxylation sites is 2. The van der Waals surface area contributed by atoms with Gasteiger partial charge in [-0.3, -0.25) is 9.59 Å². The lowest BCUT2D eigenvalue weighted by molar-refractivity contribution is -0.127. The van der Waals surface area contributed by atoms with Crippen molar-refractivity contribution < 1.29 is 9.53 Å². The van der Waals surface area contributed by atoms with Crippen LogP contribution in [-0.4, -0.2) is 23.6 Å². The zero-order valence-electron chi connectivity index (χ0n) is 14.4. The van der Waals surface area contributed by atoms with E-state index in [2.05, 4.69) is 4.98 Å². The van der Waals surface area contributed by atoms with Gasteiger partial charge in [-0.05, 0) is 42.5 Å². The van der Waals surface area contributed by atoms with E-state index in [1.165, 1.54) is 0 Å². The highest BCUT2D eigenvalue weighted by molar-refractivity contribution is 5.96. The van der Waals surface area contributed by atoms with Gasteiger partial charge in [0, 0.05) is 23.4 Å². The Morgan fingerprint density at radius 3 is 2.65 bits per heavy atom. The van der Waals surface area contributed by atoms with Gasteiger partial charge in [0.05, 0.1) is 6.54 Å². The molecule has 0 radical (unpaired) electrons. The number of hydrogen-bond acceptors (Lipinski definition) is 3. The Kier molecular flexibility index (Phi) is 4.54. The minimum Gasteiger partial charge on any atom is -0.368 e. The smallest absolute Gasteiger partial charge is 0.256 e. The molecule has 1 aliphatic rings. The van der Waals surface area contributed by atoms with E-state index in [9.17, 15) is 9.59 Å². The highest BCUT2D eigenvalue weighted by atomic mass is 16.5. The SMILES string of the molecule is O=C(C1CCCO1)N(Cc1cc2ccccc2[nH]c1=O)c1ccccc1. The second-order valence-corrected chi connectivity index (χ2v) is 6.47. The van der Waals surface area contributed by atoms with E-state index >= 15 is 0 Å². The van der Waals surface area contributed by atoms with Crippen LogP contribution < -0.4 is 10.5 Å². The van der Waals surface area contributed by atoms with Crippen LogP contribution in [0.15, 0.2) is 65.5 Å². The number of aromatic nitrogens is 1. The number of pyridine rings is 1. The van der Waals surface area contributed by atoms with Gasteiger partial charge in [0.2, 0.25) is 0 Å². The van der Waals surface area contributed by atoms with E-state index in [-0.39, 0.29) is 18.0 Å². The molecule has 0 spiro atoms. The number of carbonyl (C=O) groups excluding carboxylic acids is 1. The van der Waals surface area contributed by atoms with Crippen molar-refractivity contribution in [3.8, 4) is 0 Å². The first-order valence-electron chi connectivity index (χ1n) is 8.81. The van der Waals surface area contributed by atoms with Gasteiger partial charge >= 0.3 is 0 Å². The minimum absolute atomic E-state index is 0.0961. The lowest BCUT2D eigenvalue weighted by atomic mass is 10.1. The number of rotatable bonds is 4. The number of fused-ring (bicyclic) bond motifs is 1. The fraction of sp³-hybridized carbons (Fsp3) is 0.238. The maximum absolute atomic E-state index is 13.0. The van der Waals surface area contributed by atoms with Gasteiger partial charge in [-0.25, -0.2) is 0 Å². The highest BCUT2D eigenvalue weighted by Gasteiger charge is 2.29. The Bertz CT molecular complexity index is 975. The zero-order chi connectivity index (χ0) is 17.9. The number of aromatic amines is 1. The molecule has 5 nitrogen and oxygen atoms in total. The molecule has 1 unspecified atom stereocenters. The molecule has 1 aliphatic heterocycles. The Morgan fingerprint density at radius 1 is 1.12 bits per heavy atom. The summed E-state index contributed by atoms with van der Waals surface area (Å²) >= 11 is 0. The number of anilines is 1. The molecule has 3 aromatic rings. The molecule has 1 saturated heterocycles. The molecule has 2 heterocycles. The van der Waals surface area contributed by atoms with Crippen LogP contribution in [0.3, 0.4) is 0 Å². The Labute approximate surface area is 151 Å². The molecule has 0 aliphatic carbocycles. The monoisotopic (exact) mass is 348 g/mol. The topological polar surface area (TPSA) is 62.4 Å². The fourth-order valence-electron chi connectivity index (χ4n) is 3.33. The minimum atomic E-state index is -0.435. The van der Waals surface area contributed by atoms with Gasteiger partial charge in [-0.15, -0.1) is 0 Å². The van der Waals surface area contributed by atoms with Crippen molar-refractivity contribution in [2.45, 2.75) is 25.5 Å². The summed E-state index contributed by atoms with van der Waals surface area (Å²) in [6, 6.07) is 18.9. The van der Waals surface area contributed by atoms with Crippen LogP contribution in [0.4, 0.5) is 5.69 Å². The van der Waals surface area contributed by atoms with Crippen molar-refractivity contribution in [1.82, 2.24) is 4.98 Å². The molecule has 1 atom stereocenters. The summed E-state index contributed by atoms with van der Waals surface area (Å²) in [5, 5.41) is 0.944. The van der Waals surface area contributed by atoms with Crippen molar-refractivity contribution in [3.63, 3.8) is 0 Å². The van der Waals surface area contributed by atoms with Crippen molar-refractivity contribution in [3.05, 3.63) is 76.6 Å². The van der Waals surface area contributed by atoms with Crippen LogP contribution in [0.5, 0.6) is 0 Å². The quantitative estimate of drug-likeness (QED) is 0.787. The normalized spacial score (nSPS) is 16.7. The Balaban J connectivity index is 1.71. The molecular formula is C21H20N2O3. The van der Waals surface area contributed by atoms with Gasteiger partial charge in [0.25, 0.3) is 11.5 Å². The second kappa shape index (κ2) is 7.14. The van der Waals surface area contributed by atoms with E-state index in [1.807, 2.05) is 60.7 Å². The molecule has 4 rings (SSSR count). The Hall–Kier alpha value is -2.92. The summed E-state index contributed by atoms with van der Waals surface area (Å²) in [4.78, 5) is 30.1. The molecule has 2 aromatic carbocycles. The average Bonchev–Trinajstić information content (AvgIpc) is 3.21. The van der Waals surface area contributed by atoms with Crippen LogP contribution in [0, 0.1) is 0 Å². The zero-order valence-corrected chi connectivity index (χ0v) is 14.4. The summed E-state index contributed by atoms with van der Waals surface area (Å²) in [5.41, 5.74) is 1.93. The van der Waals surface area contributed by atoms with Gasteiger partial charge in [0.1, 0.15) is 6.10 Å². The molecule has 132 valence electrons. The van der Waals surface area contributed by atoms with Gasteiger partial charge < -0.3 is 14.6 Å². The number of H-pyrrole nitrogens is 1. The molecule has 26 heavy (non-hydrogen) atoms. The third-order valence-corrected chi connectivity index (χ3v) is 4.70. The van der Waals surface area contributed by atoms with E-state index in [4.69, 9.17) is 4.74 Å². The van der Waals surface area contributed by atoms with Crippen LogP contribution in [0.2, 0.25) is 0 Å². The van der Waals surface area contributed by atoms with E-state index in [0.717, 1.165) is 29.4 Å². The van der Waals surface area contributed by atoms with Crippen LogP contribution in [-0.2, 0) is 16.1 Å². The molecular weight excluding hydrogens is 328 g/mol. The molecule has 0 saturated carbocycles. The maximum atomic E-state index is 13.0. The standard InChI is InChI=1S/C21H20N2O3/c24-20-16(13-15-7-4-5-10-18(15)22-20)14-23(17-8-2-1-3-9-17)21(25)19-11-6-12-26-19/h1-5,7-10,13,19H,6,11-12,14H2,(H,22,24). The second-order valence-electron chi connectivity index (χ2n) is 6.47. The van der Waals surface area contributed by atoms with Gasteiger partial charge in [-0.2, -0.15) is 0 Å². The number of nitrogens with zero attached hydrogens (tertiary/aromatic N) is 1. The lowest BCUT2D eigenvalue weighted by Crippen LogP contribution is -2.39. The van der Waals surface area contributed by atoms with E-state index in [0.29, 0.717) is 12.2 Å². The summed E-state index contributed by atoms with van der Waals surface area (Å²) in [5.74, 6) is -0.0961. The fourth-order valence-corrected chi connectivity index (χ4v) is 3.33. The third-order valence-electron chi connectivity index (χ3n) is 4.70. The number of amides is 1. The van der Waals surface area contributed by atoms with E-state index < -0.39 is 6.10 Å². The first-order valence-corrected chi connectivity index (χ1v) is 8.81. The van der Waals surface area contributed by atoms with Crippen molar-refractivity contribution in [2.24, 2.45) is 0 Å². The summed E-state index contributed by atoms with van der Waals surface area (Å²) < 4.78 is 5.58. The molecule has 1 N–H and O–H groups in total. The average molecular weight is 348 g/mol. The molecule has 5 heteroatoms. The van der Waals surface area contributed by atoms with Gasteiger partial charge in [-0.1, -0.05) is 36.4 Å². The lowest BCUT2D eigenvalue weighted by Gasteiger charge is -2.25. The molecule has 1 aromatic heterocycles. The highest BCUT2D eigenvalue weighted by Crippen LogP contribution is 2.22. The van der Waals surface area contributed by atoms with Crippen LogP contribution in [0.25, 0.3) is 10.9 Å². The first kappa shape index (κ1) is 16.5. The van der Waals surface area contributed by atoms with Crippen molar-refractivity contribution >= 4 is 22.5 Å². The maximum Gasteiger partial charge on any atom is 0.256 e. The third kappa shape index (κ3) is 3.26. The number of carbonyl (C=O) groups is 1. The van der Waals surface area contributed by atoms with Gasteiger partial charge in [0.15, 0.2) is 0 Å². The predicted molar refractivity (Wildman–Crippen MR) is 101 cm³/mol. The van der Waals surface area contributed by atoms with Crippen molar-refractivity contribution in [1.29, 1.82) is 0 Å². The number of hydrogen-bond donors (Lipinski definition) is 1.